The largest absolute Gasteiger partial charge is 0.310 e. The van der Waals surface area contributed by atoms with Crippen LogP contribution < -0.4 is 5.32 Å². The number of hydrogen-bond acceptors (Lipinski definition) is 2. The van der Waals surface area contributed by atoms with Gasteiger partial charge in [-0.05, 0) is 47.6 Å². The van der Waals surface area contributed by atoms with E-state index < -0.39 is 0 Å². The second kappa shape index (κ2) is 4.45. The molecule has 1 aliphatic carbocycles. The summed E-state index contributed by atoms with van der Waals surface area (Å²) in [5.41, 5.74) is 2.92. The lowest BCUT2D eigenvalue weighted by molar-refractivity contribution is 0.426. The van der Waals surface area contributed by atoms with Crippen LogP contribution in [0.3, 0.4) is 0 Å². The van der Waals surface area contributed by atoms with Crippen molar-refractivity contribution >= 4 is 11.3 Å². The second-order valence-corrected chi connectivity index (χ2v) is 5.22. The Morgan fingerprint density at radius 1 is 1.43 bits per heavy atom. The van der Waals surface area contributed by atoms with Gasteiger partial charge in [0.25, 0.3) is 0 Å². The van der Waals surface area contributed by atoms with Crippen LogP contribution in [0.2, 0.25) is 0 Å². The van der Waals surface area contributed by atoms with E-state index in [4.69, 9.17) is 0 Å². The number of aryl methyl sites for hydroxylation is 1. The summed E-state index contributed by atoms with van der Waals surface area (Å²) in [6.07, 6.45) is 4.17. The molecule has 0 aromatic carbocycles. The van der Waals surface area contributed by atoms with Crippen LogP contribution in [0.4, 0.5) is 0 Å². The maximum absolute atomic E-state index is 3.68. The van der Waals surface area contributed by atoms with E-state index in [2.05, 4.69) is 29.9 Å². The second-order valence-electron chi connectivity index (χ2n) is 4.48. The fourth-order valence-corrected chi connectivity index (χ4v) is 3.11. The van der Waals surface area contributed by atoms with Gasteiger partial charge in [-0.1, -0.05) is 13.3 Å². The van der Waals surface area contributed by atoms with Gasteiger partial charge < -0.3 is 5.32 Å². The van der Waals surface area contributed by atoms with E-state index >= 15 is 0 Å². The maximum atomic E-state index is 3.68. The van der Waals surface area contributed by atoms with E-state index in [0.29, 0.717) is 0 Å². The van der Waals surface area contributed by atoms with Crippen LogP contribution in [-0.2, 0) is 6.54 Å². The molecule has 2 unspecified atom stereocenters. The van der Waals surface area contributed by atoms with Crippen molar-refractivity contribution in [3.8, 4) is 0 Å². The van der Waals surface area contributed by atoms with E-state index in [1.165, 1.54) is 30.4 Å². The summed E-state index contributed by atoms with van der Waals surface area (Å²) in [5.74, 6) is 0.869. The van der Waals surface area contributed by atoms with Gasteiger partial charge in [-0.3, -0.25) is 0 Å². The summed E-state index contributed by atoms with van der Waals surface area (Å²) in [4.78, 5) is 0. The van der Waals surface area contributed by atoms with E-state index in [1.807, 2.05) is 11.3 Å². The Morgan fingerprint density at radius 2 is 2.29 bits per heavy atom. The normalized spacial score (nSPS) is 27.0. The highest BCUT2D eigenvalue weighted by atomic mass is 32.1. The van der Waals surface area contributed by atoms with Gasteiger partial charge in [0.05, 0.1) is 0 Å². The Morgan fingerprint density at radius 3 is 2.86 bits per heavy atom. The van der Waals surface area contributed by atoms with E-state index in [1.54, 1.807) is 0 Å². The molecule has 1 aromatic heterocycles. The van der Waals surface area contributed by atoms with Gasteiger partial charge in [0.2, 0.25) is 0 Å². The van der Waals surface area contributed by atoms with Crippen LogP contribution in [0.25, 0.3) is 0 Å². The first-order chi connectivity index (χ1) is 6.77. The molecule has 14 heavy (non-hydrogen) atoms. The lowest BCUT2D eigenvalue weighted by Gasteiger charge is -2.17. The predicted molar refractivity (Wildman–Crippen MR) is 62.7 cm³/mol. The van der Waals surface area contributed by atoms with Crippen molar-refractivity contribution in [1.82, 2.24) is 5.32 Å². The van der Waals surface area contributed by atoms with Crippen LogP contribution in [-0.4, -0.2) is 6.04 Å². The fraction of sp³-hybridized carbons (Fsp3) is 0.667. The number of nitrogens with one attached hydrogen (secondary N) is 1. The van der Waals surface area contributed by atoms with Crippen molar-refractivity contribution in [2.75, 3.05) is 0 Å². The Bertz CT molecular complexity index is 292. The third-order valence-corrected chi connectivity index (χ3v) is 4.29. The van der Waals surface area contributed by atoms with Crippen molar-refractivity contribution in [2.24, 2.45) is 5.92 Å². The molecule has 2 atom stereocenters. The van der Waals surface area contributed by atoms with Crippen LogP contribution >= 0.6 is 11.3 Å². The first kappa shape index (κ1) is 10.2. The standard InChI is InChI=1S/C12H19NS/c1-9-4-3-5-12(9)13-6-11-8-14-7-10(11)2/h7-9,12-13H,3-6H2,1-2H3. The molecule has 0 saturated heterocycles. The minimum atomic E-state index is 0.759. The van der Waals surface area contributed by atoms with E-state index in [0.717, 1.165) is 18.5 Å². The fourth-order valence-electron chi connectivity index (χ4n) is 2.26. The van der Waals surface area contributed by atoms with Crippen LogP contribution in [0.15, 0.2) is 10.8 Å². The zero-order chi connectivity index (χ0) is 9.97. The molecule has 2 rings (SSSR count). The molecule has 1 N–H and O–H groups in total. The van der Waals surface area contributed by atoms with Gasteiger partial charge >= 0.3 is 0 Å². The predicted octanol–water partition coefficient (Wildman–Crippen LogP) is 3.33. The average Bonchev–Trinajstić information content (AvgIpc) is 2.72. The molecule has 0 spiro atoms. The van der Waals surface area contributed by atoms with Crippen molar-refractivity contribution in [1.29, 1.82) is 0 Å². The molecule has 0 aliphatic heterocycles. The number of rotatable bonds is 3. The number of hydrogen-bond donors (Lipinski definition) is 1. The van der Waals surface area contributed by atoms with Gasteiger partial charge in [-0.2, -0.15) is 11.3 Å². The minimum absolute atomic E-state index is 0.759. The quantitative estimate of drug-likeness (QED) is 0.805. The third-order valence-electron chi connectivity index (χ3n) is 3.38. The van der Waals surface area contributed by atoms with Crippen molar-refractivity contribution in [2.45, 2.75) is 45.7 Å². The molecule has 0 bridgehead atoms. The van der Waals surface area contributed by atoms with E-state index in [9.17, 15) is 0 Å². The Labute approximate surface area is 90.5 Å². The molecule has 2 heteroatoms. The van der Waals surface area contributed by atoms with Crippen LogP contribution in [0.5, 0.6) is 0 Å². The van der Waals surface area contributed by atoms with Crippen molar-refractivity contribution in [3.05, 3.63) is 21.9 Å². The molecule has 1 aromatic rings. The lowest BCUT2D eigenvalue weighted by atomic mass is 10.1. The highest BCUT2D eigenvalue weighted by Crippen LogP contribution is 2.25. The highest BCUT2D eigenvalue weighted by molar-refractivity contribution is 7.08. The Kier molecular flexibility index (Phi) is 3.24. The smallest absolute Gasteiger partial charge is 0.0219 e. The first-order valence-electron chi connectivity index (χ1n) is 5.52. The summed E-state index contributed by atoms with van der Waals surface area (Å²) in [7, 11) is 0. The number of thiophene rings is 1. The molecule has 1 fully saturated rings. The van der Waals surface area contributed by atoms with Crippen molar-refractivity contribution < 1.29 is 0 Å². The lowest BCUT2D eigenvalue weighted by Crippen LogP contribution is -2.30. The maximum Gasteiger partial charge on any atom is 0.0219 e. The molecule has 1 aliphatic rings. The third kappa shape index (κ3) is 2.18. The van der Waals surface area contributed by atoms with E-state index in [-0.39, 0.29) is 0 Å². The monoisotopic (exact) mass is 209 g/mol. The van der Waals surface area contributed by atoms with Gasteiger partial charge in [-0.25, -0.2) is 0 Å². The molecule has 0 radical (unpaired) electrons. The van der Waals surface area contributed by atoms with Crippen LogP contribution in [0.1, 0.15) is 37.3 Å². The molecule has 1 saturated carbocycles. The van der Waals surface area contributed by atoms with Crippen molar-refractivity contribution in [3.63, 3.8) is 0 Å². The summed E-state index contributed by atoms with van der Waals surface area (Å²) >= 11 is 1.81. The summed E-state index contributed by atoms with van der Waals surface area (Å²) in [6.45, 7) is 5.63. The molecular formula is C12H19NS. The summed E-state index contributed by atoms with van der Waals surface area (Å²) in [6, 6.07) is 0.759. The molecule has 78 valence electrons. The first-order valence-corrected chi connectivity index (χ1v) is 6.46. The van der Waals surface area contributed by atoms with Gasteiger partial charge in [-0.15, -0.1) is 0 Å². The molecule has 1 nitrogen and oxygen atoms in total. The zero-order valence-electron chi connectivity index (χ0n) is 9.05. The molecular weight excluding hydrogens is 190 g/mol. The average molecular weight is 209 g/mol. The minimum Gasteiger partial charge on any atom is -0.310 e. The summed E-state index contributed by atoms with van der Waals surface area (Å²) < 4.78 is 0. The highest BCUT2D eigenvalue weighted by Gasteiger charge is 2.22. The Balaban J connectivity index is 1.85. The molecule has 0 amide bonds. The van der Waals surface area contributed by atoms with Gasteiger partial charge in [0, 0.05) is 12.6 Å². The van der Waals surface area contributed by atoms with Crippen LogP contribution in [0, 0.1) is 12.8 Å². The van der Waals surface area contributed by atoms with Gasteiger partial charge in [0.15, 0.2) is 0 Å². The topological polar surface area (TPSA) is 12.0 Å². The summed E-state index contributed by atoms with van der Waals surface area (Å²) in [5, 5.41) is 8.18. The Hall–Kier alpha value is -0.340. The molecule has 1 heterocycles. The SMILES string of the molecule is Cc1cscc1CNC1CCCC1C. The van der Waals surface area contributed by atoms with Gasteiger partial charge in [0.1, 0.15) is 0 Å². The zero-order valence-corrected chi connectivity index (χ0v) is 9.86.